The number of nitrogens with one attached hydrogen (secondary N) is 1. The fourth-order valence-electron chi connectivity index (χ4n) is 3.93. The second kappa shape index (κ2) is 8.82. The third kappa shape index (κ3) is 4.20. The van der Waals surface area contributed by atoms with E-state index in [0.717, 1.165) is 22.5 Å². The van der Waals surface area contributed by atoms with Gasteiger partial charge in [-0.1, -0.05) is 29.8 Å². The topological polar surface area (TPSA) is 61.9 Å². The molecule has 0 bridgehead atoms. The Balaban J connectivity index is 1.79. The van der Waals surface area contributed by atoms with Crippen LogP contribution in [0.25, 0.3) is 5.57 Å². The second-order valence-corrected chi connectivity index (χ2v) is 8.28. The molecule has 0 saturated carbocycles. The van der Waals surface area contributed by atoms with E-state index in [0.29, 0.717) is 22.6 Å². The number of amides is 2. The summed E-state index contributed by atoms with van der Waals surface area (Å²) >= 11 is 0. The molecule has 0 aliphatic carbocycles. The van der Waals surface area contributed by atoms with E-state index in [1.807, 2.05) is 75.3 Å². The van der Waals surface area contributed by atoms with Crippen LogP contribution in [0.1, 0.15) is 16.7 Å². The van der Waals surface area contributed by atoms with Gasteiger partial charge in [-0.2, -0.15) is 0 Å². The highest BCUT2D eigenvalue weighted by Crippen LogP contribution is 2.36. The monoisotopic (exact) mass is 441 g/mol. The zero-order valence-electron chi connectivity index (χ0n) is 19.5. The Bertz CT molecular complexity index is 1240. The molecule has 1 N–H and O–H groups in total. The molecule has 0 aromatic heterocycles. The molecular weight excluding hydrogens is 414 g/mol. The second-order valence-electron chi connectivity index (χ2n) is 8.28. The van der Waals surface area contributed by atoms with Gasteiger partial charge in [0.25, 0.3) is 11.8 Å². The van der Waals surface area contributed by atoms with Crippen molar-refractivity contribution in [1.82, 2.24) is 0 Å². The third-order valence-corrected chi connectivity index (χ3v) is 5.71. The van der Waals surface area contributed by atoms with Crippen LogP contribution < -0.4 is 19.9 Å². The minimum absolute atomic E-state index is 0.253. The highest BCUT2D eigenvalue weighted by Gasteiger charge is 2.40. The zero-order valence-corrected chi connectivity index (χ0v) is 19.5. The molecule has 0 unspecified atom stereocenters. The van der Waals surface area contributed by atoms with Crippen LogP contribution in [-0.2, 0) is 9.59 Å². The summed E-state index contributed by atoms with van der Waals surface area (Å²) in [6.07, 6.45) is 0. The number of ether oxygens (including phenoxy) is 1. The van der Waals surface area contributed by atoms with Gasteiger partial charge >= 0.3 is 0 Å². The molecule has 33 heavy (non-hydrogen) atoms. The van der Waals surface area contributed by atoms with Crippen molar-refractivity contribution in [2.45, 2.75) is 13.8 Å². The molecule has 0 saturated heterocycles. The maximum Gasteiger partial charge on any atom is 0.282 e. The number of benzene rings is 3. The number of hydrogen-bond donors (Lipinski definition) is 1. The van der Waals surface area contributed by atoms with E-state index in [9.17, 15) is 9.59 Å². The van der Waals surface area contributed by atoms with Crippen LogP contribution >= 0.6 is 0 Å². The first-order chi connectivity index (χ1) is 15.8. The number of methoxy groups -OCH3 is 1. The summed E-state index contributed by atoms with van der Waals surface area (Å²) in [5, 5.41) is 3.21. The first kappa shape index (κ1) is 22.1. The lowest BCUT2D eigenvalue weighted by molar-refractivity contribution is -0.120. The van der Waals surface area contributed by atoms with Gasteiger partial charge in [0, 0.05) is 25.5 Å². The average Bonchev–Trinajstić information content (AvgIpc) is 3.04. The van der Waals surface area contributed by atoms with Gasteiger partial charge in [-0.3, -0.25) is 9.59 Å². The summed E-state index contributed by atoms with van der Waals surface area (Å²) in [5.74, 6) is -0.0601. The number of hydrogen-bond acceptors (Lipinski definition) is 5. The predicted octanol–water partition coefficient (Wildman–Crippen LogP) is 4.77. The van der Waals surface area contributed by atoms with Crippen molar-refractivity contribution in [2.75, 3.05) is 36.3 Å². The van der Waals surface area contributed by atoms with E-state index in [1.165, 1.54) is 4.90 Å². The van der Waals surface area contributed by atoms with Gasteiger partial charge < -0.3 is 15.0 Å². The Morgan fingerprint density at radius 2 is 1.52 bits per heavy atom. The van der Waals surface area contributed by atoms with Crippen molar-refractivity contribution in [3.05, 3.63) is 89.1 Å². The molecule has 0 radical (unpaired) electrons. The van der Waals surface area contributed by atoms with Crippen LogP contribution in [0.5, 0.6) is 5.75 Å². The summed E-state index contributed by atoms with van der Waals surface area (Å²) in [6.45, 7) is 3.89. The Hall–Kier alpha value is -4.06. The molecule has 0 atom stereocenters. The van der Waals surface area contributed by atoms with Gasteiger partial charge in [-0.25, -0.2) is 4.90 Å². The molecule has 4 rings (SSSR count). The van der Waals surface area contributed by atoms with E-state index in [2.05, 4.69) is 5.32 Å². The molecule has 2 amide bonds. The Kier molecular flexibility index (Phi) is 5.92. The van der Waals surface area contributed by atoms with Gasteiger partial charge in [-0.15, -0.1) is 0 Å². The predicted molar refractivity (Wildman–Crippen MR) is 133 cm³/mol. The summed E-state index contributed by atoms with van der Waals surface area (Å²) < 4.78 is 5.25. The van der Waals surface area contributed by atoms with Crippen molar-refractivity contribution in [1.29, 1.82) is 0 Å². The summed E-state index contributed by atoms with van der Waals surface area (Å²) in [6, 6.07) is 20.5. The lowest BCUT2D eigenvalue weighted by Gasteiger charge is -2.18. The largest absolute Gasteiger partial charge is 0.497 e. The molecule has 0 spiro atoms. The fraction of sp³-hybridized carbons (Fsp3) is 0.185. The number of carbonyl (C=O) groups is 2. The quantitative estimate of drug-likeness (QED) is 0.558. The lowest BCUT2D eigenvalue weighted by Crippen LogP contribution is -2.33. The van der Waals surface area contributed by atoms with E-state index in [4.69, 9.17) is 4.74 Å². The number of imide groups is 1. The summed E-state index contributed by atoms with van der Waals surface area (Å²) in [4.78, 5) is 30.5. The van der Waals surface area contributed by atoms with Crippen molar-refractivity contribution in [2.24, 2.45) is 0 Å². The molecule has 168 valence electrons. The van der Waals surface area contributed by atoms with Gasteiger partial charge in [0.1, 0.15) is 11.4 Å². The van der Waals surface area contributed by atoms with Crippen LogP contribution in [-0.4, -0.2) is 33.0 Å². The van der Waals surface area contributed by atoms with Gasteiger partial charge in [0.2, 0.25) is 0 Å². The summed E-state index contributed by atoms with van der Waals surface area (Å²) in [5.41, 5.74) is 5.51. The molecule has 1 aliphatic rings. The SMILES string of the molecule is COc1ccc(C2=C(Nc3ccc(N(C)C)cc3)C(=O)N(c3ccc(C)cc3C)C2=O)cc1. The van der Waals surface area contributed by atoms with Crippen LogP contribution in [0, 0.1) is 13.8 Å². The van der Waals surface area contributed by atoms with Gasteiger partial charge in [0.15, 0.2) is 0 Å². The van der Waals surface area contributed by atoms with E-state index < -0.39 is 0 Å². The van der Waals surface area contributed by atoms with Gasteiger partial charge in [0.05, 0.1) is 18.4 Å². The molecule has 1 aliphatic heterocycles. The fourth-order valence-corrected chi connectivity index (χ4v) is 3.93. The molecular formula is C27H27N3O3. The molecule has 1 heterocycles. The van der Waals surface area contributed by atoms with E-state index >= 15 is 0 Å². The highest BCUT2D eigenvalue weighted by atomic mass is 16.5. The standard InChI is InChI=1S/C27H27N3O3/c1-17-6-15-23(18(2)16-17)30-26(31)24(19-7-13-22(33-5)14-8-19)25(27(30)32)28-20-9-11-21(12-10-20)29(3)4/h6-16,28H,1-5H3. The molecule has 0 fully saturated rings. The third-order valence-electron chi connectivity index (χ3n) is 5.71. The van der Waals surface area contributed by atoms with Crippen LogP contribution in [0.4, 0.5) is 17.1 Å². The number of carbonyl (C=O) groups excluding carboxylic acids is 2. The Morgan fingerprint density at radius 3 is 2.09 bits per heavy atom. The summed E-state index contributed by atoms with van der Waals surface area (Å²) in [7, 11) is 5.52. The van der Waals surface area contributed by atoms with Crippen LogP contribution in [0.3, 0.4) is 0 Å². The van der Waals surface area contributed by atoms with Gasteiger partial charge in [-0.05, 0) is 67.4 Å². The minimum atomic E-state index is -0.380. The van der Waals surface area contributed by atoms with Crippen molar-refractivity contribution in [3.63, 3.8) is 0 Å². The number of rotatable bonds is 6. The average molecular weight is 442 g/mol. The molecule has 6 heteroatoms. The smallest absolute Gasteiger partial charge is 0.282 e. The van der Waals surface area contributed by atoms with Crippen molar-refractivity contribution >= 4 is 34.4 Å². The highest BCUT2D eigenvalue weighted by molar-refractivity contribution is 6.46. The molecule has 3 aromatic rings. The first-order valence-corrected chi connectivity index (χ1v) is 10.7. The molecule has 3 aromatic carbocycles. The lowest BCUT2D eigenvalue weighted by atomic mass is 10.0. The Labute approximate surface area is 194 Å². The zero-order chi connectivity index (χ0) is 23.7. The van der Waals surface area contributed by atoms with E-state index in [-0.39, 0.29) is 17.5 Å². The Morgan fingerprint density at radius 1 is 0.848 bits per heavy atom. The number of anilines is 3. The van der Waals surface area contributed by atoms with Crippen LogP contribution in [0.2, 0.25) is 0 Å². The maximum absolute atomic E-state index is 13.6. The van der Waals surface area contributed by atoms with Crippen molar-refractivity contribution in [3.8, 4) is 5.75 Å². The normalized spacial score (nSPS) is 13.5. The first-order valence-electron chi connectivity index (χ1n) is 10.7. The number of nitrogens with zero attached hydrogens (tertiary/aromatic N) is 2. The number of aryl methyl sites for hydroxylation is 2. The maximum atomic E-state index is 13.6. The molecule has 6 nitrogen and oxygen atoms in total. The van der Waals surface area contributed by atoms with Crippen molar-refractivity contribution < 1.29 is 14.3 Å². The van der Waals surface area contributed by atoms with Crippen LogP contribution in [0.15, 0.2) is 72.4 Å². The minimum Gasteiger partial charge on any atom is -0.497 e. The van der Waals surface area contributed by atoms with E-state index in [1.54, 1.807) is 31.4 Å².